The fourth-order valence-electron chi connectivity index (χ4n) is 2.02. The van der Waals surface area contributed by atoms with Crippen molar-refractivity contribution in [3.8, 4) is 0 Å². The second-order valence-corrected chi connectivity index (χ2v) is 4.51. The maximum Gasteiger partial charge on any atom is 0.416 e. The molecular weight excluding hydrogens is 261 g/mol. The van der Waals surface area contributed by atoms with Crippen LogP contribution in [0.4, 0.5) is 23.7 Å². The smallest absolute Gasteiger partial charge is 0.416 e. The van der Waals surface area contributed by atoms with E-state index in [0.717, 1.165) is 12.1 Å². The van der Waals surface area contributed by atoms with Crippen LogP contribution in [0.1, 0.15) is 5.56 Å². The first-order chi connectivity index (χ1) is 8.86. The summed E-state index contributed by atoms with van der Waals surface area (Å²) < 4.78 is 37.6. The molecule has 104 valence electrons. The SMILES string of the molecule is O=C(O)NCC1CN(c2cccc(C(F)(F)F)c2)C1. The van der Waals surface area contributed by atoms with Gasteiger partial charge in [0.2, 0.25) is 0 Å². The Balaban J connectivity index is 1.93. The van der Waals surface area contributed by atoms with Gasteiger partial charge in [0, 0.05) is 31.2 Å². The number of carbonyl (C=O) groups is 1. The van der Waals surface area contributed by atoms with Crippen molar-refractivity contribution < 1.29 is 23.1 Å². The molecule has 1 aliphatic heterocycles. The van der Waals surface area contributed by atoms with Crippen LogP contribution < -0.4 is 10.2 Å². The fourth-order valence-corrected chi connectivity index (χ4v) is 2.02. The number of hydrogen-bond donors (Lipinski definition) is 2. The lowest BCUT2D eigenvalue weighted by atomic mass is 9.98. The first kappa shape index (κ1) is 13.5. The van der Waals surface area contributed by atoms with Gasteiger partial charge in [0.05, 0.1) is 5.56 Å². The number of halogens is 3. The largest absolute Gasteiger partial charge is 0.465 e. The zero-order chi connectivity index (χ0) is 14.0. The third-order valence-electron chi connectivity index (χ3n) is 3.04. The van der Waals surface area contributed by atoms with E-state index in [1.54, 1.807) is 11.0 Å². The van der Waals surface area contributed by atoms with Crippen molar-refractivity contribution in [2.75, 3.05) is 24.5 Å². The molecule has 1 amide bonds. The predicted octanol–water partition coefficient (Wildman–Crippen LogP) is 2.41. The Bertz CT molecular complexity index is 470. The van der Waals surface area contributed by atoms with Crippen molar-refractivity contribution in [2.24, 2.45) is 5.92 Å². The standard InChI is InChI=1S/C12H13F3N2O2/c13-12(14,15)9-2-1-3-10(4-9)17-6-8(7-17)5-16-11(18)19/h1-4,8,16H,5-7H2,(H,18,19). The highest BCUT2D eigenvalue weighted by Crippen LogP contribution is 2.33. The zero-order valence-corrected chi connectivity index (χ0v) is 9.94. The Labute approximate surface area is 107 Å². The van der Waals surface area contributed by atoms with Crippen LogP contribution in [-0.4, -0.2) is 30.8 Å². The van der Waals surface area contributed by atoms with E-state index < -0.39 is 17.8 Å². The highest BCUT2D eigenvalue weighted by atomic mass is 19.4. The number of amides is 1. The average Bonchev–Trinajstić information content (AvgIpc) is 2.25. The Morgan fingerprint density at radius 2 is 2.11 bits per heavy atom. The molecular formula is C12H13F3N2O2. The third kappa shape index (κ3) is 3.30. The maximum atomic E-state index is 12.5. The second-order valence-electron chi connectivity index (χ2n) is 4.51. The van der Waals surface area contributed by atoms with Crippen molar-refractivity contribution >= 4 is 11.8 Å². The molecule has 1 aromatic rings. The highest BCUT2D eigenvalue weighted by Gasteiger charge is 2.32. The van der Waals surface area contributed by atoms with Gasteiger partial charge in [0.15, 0.2) is 0 Å². The number of nitrogens with zero attached hydrogens (tertiary/aromatic N) is 1. The van der Waals surface area contributed by atoms with Gasteiger partial charge >= 0.3 is 12.3 Å². The van der Waals surface area contributed by atoms with Gasteiger partial charge < -0.3 is 15.3 Å². The molecule has 1 fully saturated rings. The summed E-state index contributed by atoms with van der Waals surface area (Å²) in [6, 6.07) is 5.14. The van der Waals surface area contributed by atoms with E-state index in [4.69, 9.17) is 5.11 Å². The van der Waals surface area contributed by atoms with Crippen molar-refractivity contribution in [2.45, 2.75) is 6.18 Å². The van der Waals surface area contributed by atoms with Gasteiger partial charge in [-0.15, -0.1) is 0 Å². The molecule has 0 aliphatic carbocycles. The van der Waals surface area contributed by atoms with Crippen LogP contribution >= 0.6 is 0 Å². The summed E-state index contributed by atoms with van der Waals surface area (Å²) in [7, 11) is 0. The van der Waals surface area contributed by atoms with Crippen molar-refractivity contribution in [1.82, 2.24) is 5.32 Å². The summed E-state index contributed by atoms with van der Waals surface area (Å²) in [6.07, 6.45) is -5.43. The van der Waals surface area contributed by atoms with E-state index in [-0.39, 0.29) is 5.92 Å². The topological polar surface area (TPSA) is 52.6 Å². The van der Waals surface area contributed by atoms with Gasteiger partial charge in [-0.25, -0.2) is 4.79 Å². The minimum absolute atomic E-state index is 0.144. The molecule has 0 aromatic heterocycles. The molecule has 0 atom stereocenters. The highest BCUT2D eigenvalue weighted by molar-refractivity contribution is 5.64. The molecule has 2 rings (SSSR count). The van der Waals surface area contributed by atoms with Crippen LogP contribution in [0, 0.1) is 5.92 Å². The van der Waals surface area contributed by atoms with Crippen LogP contribution in [0.3, 0.4) is 0 Å². The number of hydrogen-bond acceptors (Lipinski definition) is 2. The third-order valence-corrected chi connectivity index (χ3v) is 3.04. The normalized spacial score (nSPS) is 16.1. The van der Waals surface area contributed by atoms with E-state index in [1.165, 1.54) is 6.07 Å². The number of anilines is 1. The monoisotopic (exact) mass is 274 g/mol. The molecule has 7 heteroatoms. The Morgan fingerprint density at radius 3 is 2.68 bits per heavy atom. The molecule has 2 N–H and O–H groups in total. The minimum Gasteiger partial charge on any atom is -0.465 e. The quantitative estimate of drug-likeness (QED) is 0.890. The van der Waals surface area contributed by atoms with Gasteiger partial charge in [-0.2, -0.15) is 13.2 Å². The van der Waals surface area contributed by atoms with E-state index >= 15 is 0 Å². The maximum absolute atomic E-state index is 12.5. The molecule has 0 saturated carbocycles. The molecule has 0 unspecified atom stereocenters. The van der Waals surface area contributed by atoms with Crippen LogP contribution in [0.2, 0.25) is 0 Å². The summed E-state index contributed by atoms with van der Waals surface area (Å²) >= 11 is 0. The van der Waals surface area contributed by atoms with Crippen molar-refractivity contribution in [3.05, 3.63) is 29.8 Å². The molecule has 1 heterocycles. The average molecular weight is 274 g/mol. The summed E-state index contributed by atoms with van der Waals surface area (Å²) in [4.78, 5) is 12.1. The number of rotatable bonds is 3. The van der Waals surface area contributed by atoms with Gasteiger partial charge in [0.1, 0.15) is 0 Å². The van der Waals surface area contributed by atoms with Crippen molar-refractivity contribution in [3.63, 3.8) is 0 Å². The molecule has 0 spiro atoms. The van der Waals surface area contributed by atoms with Crippen molar-refractivity contribution in [1.29, 1.82) is 0 Å². The molecule has 19 heavy (non-hydrogen) atoms. The summed E-state index contributed by atoms with van der Waals surface area (Å²) in [5.74, 6) is 0.144. The Morgan fingerprint density at radius 1 is 1.42 bits per heavy atom. The van der Waals surface area contributed by atoms with Gasteiger partial charge in [0.25, 0.3) is 0 Å². The minimum atomic E-state index is -4.34. The molecule has 0 radical (unpaired) electrons. The van der Waals surface area contributed by atoms with Gasteiger partial charge in [-0.3, -0.25) is 0 Å². The predicted molar refractivity (Wildman–Crippen MR) is 63.2 cm³/mol. The number of nitrogens with one attached hydrogen (secondary N) is 1. The molecule has 1 aromatic carbocycles. The lowest BCUT2D eigenvalue weighted by molar-refractivity contribution is -0.137. The lowest BCUT2D eigenvalue weighted by Gasteiger charge is -2.41. The first-order valence-corrected chi connectivity index (χ1v) is 5.75. The van der Waals surface area contributed by atoms with Gasteiger partial charge in [-0.05, 0) is 18.2 Å². The Kier molecular flexibility index (Phi) is 3.55. The summed E-state index contributed by atoms with van der Waals surface area (Å²) in [6.45, 7) is 1.44. The van der Waals surface area contributed by atoms with Crippen LogP contribution in [0.5, 0.6) is 0 Å². The van der Waals surface area contributed by atoms with Crippen LogP contribution in [0.25, 0.3) is 0 Å². The zero-order valence-electron chi connectivity index (χ0n) is 9.94. The molecule has 0 bridgehead atoms. The van der Waals surface area contributed by atoms with E-state index in [0.29, 0.717) is 25.3 Å². The summed E-state index contributed by atoms with van der Waals surface area (Å²) in [5, 5.41) is 10.7. The van der Waals surface area contributed by atoms with E-state index in [2.05, 4.69) is 5.32 Å². The first-order valence-electron chi connectivity index (χ1n) is 5.75. The van der Waals surface area contributed by atoms with Crippen LogP contribution in [-0.2, 0) is 6.18 Å². The van der Waals surface area contributed by atoms with E-state index in [1.807, 2.05) is 0 Å². The van der Waals surface area contributed by atoms with Crippen LogP contribution in [0.15, 0.2) is 24.3 Å². The molecule has 1 aliphatic rings. The fraction of sp³-hybridized carbons (Fsp3) is 0.417. The number of alkyl halides is 3. The lowest BCUT2D eigenvalue weighted by Crippen LogP contribution is -2.51. The van der Waals surface area contributed by atoms with Gasteiger partial charge in [-0.1, -0.05) is 6.07 Å². The Hall–Kier alpha value is -1.92. The summed E-state index contributed by atoms with van der Waals surface area (Å²) in [5.41, 5.74) is -0.154. The number of carboxylic acid groups (broad SMARTS) is 1. The second kappa shape index (κ2) is 4.99. The molecule has 1 saturated heterocycles. The molecule has 4 nitrogen and oxygen atoms in total. The van der Waals surface area contributed by atoms with E-state index in [9.17, 15) is 18.0 Å². The number of benzene rings is 1.